The number of likely N-dealkylation sites (tertiary alicyclic amines) is 1. The van der Waals surface area contributed by atoms with Gasteiger partial charge in [0, 0.05) is 35.6 Å². The van der Waals surface area contributed by atoms with Crippen LogP contribution < -0.4 is 0 Å². The first-order valence-electron chi connectivity index (χ1n) is 9.58. The minimum atomic E-state index is 0.0424. The second-order valence-corrected chi connectivity index (χ2v) is 8.13. The smallest absolute Gasteiger partial charge is 0.254 e. The molecule has 1 fully saturated rings. The van der Waals surface area contributed by atoms with Gasteiger partial charge in [-0.3, -0.25) is 9.69 Å². The number of rotatable bonds is 3. The van der Waals surface area contributed by atoms with Crippen LogP contribution in [-0.4, -0.2) is 41.9 Å². The van der Waals surface area contributed by atoms with E-state index >= 15 is 0 Å². The van der Waals surface area contributed by atoms with Gasteiger partial charge in [0.2, 0.25) is 0 Å². The Morgan fingerprint density at radius 3 is 2.67 bits per heavy atom. The van der Waals surface area contributed by atoms with Crippen molar-refractivity contribution in [2.75, 3.05) is 26.2 Å². The van der Waals surface area contributed by atoms with E-state index < -0.39 is 0 Å². The van der Waals surface area contributed by atoms with E-state index in [1.54, 1.807) is 12.1 Å². The van der Waals surface area contributed by atoms with Crippen LogP contribution >= 0.6 is 11.6 Å². The van der Waals surface area contributed by atoms with Crippen LogP contribution in [0, 0.1) is 0 Å². The lowest BCUT2D eigenvalue weighted by Crippen LogP contribution is -2.53. The SMILES string of the molecule is C=CCN1CCC2(CC1)CN(C(=O)c1cccc(Cl)c1)Cc1ccccc12. The molecule has 0 aliphatic carbocycles. The monoisotopic (exact) mass is 380 g/mol. The molecule has 4 heteroatoms. The lowest BCUT2D eigenvalue weighted by atomic mass is 9.68. The van der Waals surface area contributed by atoms with E-state index in [9.17, 15) is 4.79 Å². The van der Waals surface area contributed by atoms with Crippen molar-refractivity contribution in [3.05, 3.63) is 82.9 Å². The molecule has 1 spiro atoms. The van der Waals surface area contributed by atoms with Crippen LogP contribution in [0.5, 0.6) is 0 Å². The van der Waals surface area contributed by atoms with E-state index in [-0.39, 0.29) is 11.3 Å². The molecule has 3 nitrogen and oxygen atoms in total. The van der Waals surface area contributed by atoms with Gasteiger partial charge in [-0.05, 0) is 55.3 Å². The summed E-state index contributed by atoms with van der Waals surface area (Å²) >= 11 is 6.11. The van der Waals surface area contributed by atoms with Crippen LogP contribution in [0.4, 0.5) is 0 Å². The molecule has 0 aromatic heterocycles. The Labute approximate surface area is 166 Å². The van der Waals surface area contributed by atoms with Crippen LogP contribution in [0.3, 0.4) is 0 Å². The Hall–Kier alpha value is -2.10. The zero-order chi connectivity index (χ0) is 18.9. The lowest BCUT2D eigenvalue weighted by molar-refractivity contribution is 0.0589. The predicted octanol–water partition coefficient (Wildman–Crippen LogP) is 4.52. The number of fused-ring (bicyclic) bond motifs is 2. The molecule has 2 aliphatic heterocycles. The number of benzene rings is 2. The molecule has 0 radical (unpaired) electrons. The van der Waals surface area contributed by atoms with Crippen molar-refractivity contribution in [1.82, 2.24) is 9.80 Å². The summed E-state index contributed by atoms with van der Waals surface area (Å²) in [6, 6.07) is 15.9. The van der Waals surface area contributed by atoms with Crippen molar-refractivity contribution in [2.24, 2.45) is 0 Å². The van der Waals surface area contributed by atoms with Crippen LogP contribution in [-0.2, 0) is 12.0 Å². The van der Waals surface area contributed by atoms with E-state index in [2.05, 4.69) is 35.7 Å². The Kier molecular flexibility index (Phi) is 5.07. The van der Waals surface area contributed by atoms with Crippen LogP contribution in [0.1, 0.15) is 34.3 Å². The summed E-state index contributed by atoms with van der Waals surface area (Å²) in [7, 11) is 0. The van der Waals surface area contributed by atoms with E-state index in [1.807, 2.05) is 23.1 Å². The highest BCUT2D eigenvalue weighted by atomic mass is 35.5. The summed E-state index contributed by atoms with van der Waals surface area (Å²) in [5.74, 6) is 0.0694. The lowest BCUT2D eigenvalue weighted by Gasteiger charge is -2.48. The predicted molar refractivity (Wildman–Crippen MR) is 110 cm³/mol. The fraction of sp³-hybridized carbons (Fsp3) is 0.348. The summed E-state index contributed by atoms with van der Waals surface area (Å²) in [6.45, 7) is 8.32. The van der Waals surface area contributed by atoms with Crippen LogP contribution in [0.25, 0.3) is 0 Å². The molecule has 2 aromatic carbocycles. The summed E-state index contributed by atoms with van der Waals surface area (Å²) in [5, 5.41) is 0.603. The Morgan fingerprint density at radius 1 is 1.15 bits per heavy atom. The van der Waals surface area contributed by atoms with Gasteiger partial charge in [0.15, 0.2) is 0 Å². The molecule has 27 heavy (non-hydrogen) atoms. The number of nitrogens with zero attached hydrogens (tertiary/aromatic N) is 2. The van der Waals surface area contributed by atoms with Gasteiger partial charge in [-0.1, -0.05) is 48.0 Å². The standard InChI is InChI=1S/C23H25ClN2O/c1-2-12-25-13-10-23(11-14-25)17-26(16-19-6-3-4-9-21(19)23)22(27)18-7-5-8-20(24)15-18/h2-9,15H,1,10-14,16-17H2. The number of piperidine rings is 1. The van der Waals surface area contributed by atoms with Gasteiger partial charge in [0.05, 0.1) is 0 Å². The maximum atomic E-state index is 13.2. The zero-order valence-electron chi connectivity index (χ0n) is 15.5. The molecule has 0 bridgehead atoms. The number of carbonyl (C=O) groups excluding carboxylic acids is 1. The Morgan fingerprint density at radius 2 is 1.93 bits per heavy atom. The van der Waals surface area contributed by atoms with Crippen molar-refractivity contribution >= 4 is 17.5 Å². The molecule has 1 amide bonds. The van der Waals surface area contributed by atoms with E-state index in [0.717, 1.165) is 39.0 Å². The number of amides is 1. The molecule has 2 aliphatic rings. The molecule has 0 atom stereocenters. The summed E-state index contributed by atoms with van der Waals surface area (Å²) in [4.78, 5) is 17.7. The Balaban J connectivity index is 1.64. The molecule has 0 N–H and O–H groups in total. The minimum absolute atomic E-state index is 0.0424. The van der Waals surface area contributed by atoms with E-state index in [1.165, 1.54) is 11.1 Å². The largest absolute Gasteiger partial charge is 0.333 e. The minimum Gasteiger partial charge on any atom is -0.333 e. The van der Waals surface area contributed by atoms with E-state index in [4.69, 9.17) is 11.6 Å². The third-order valence-electron chi connectivity index (χ3n) is 6.00. The molecule has 2 heterocycles. The summed E-state index contributed by atoms with van der Waals surface area (Å²) in [5.41, 5.74) is 3.41. The van der Waals surface area contributed by atoms with Gasteiger partial charge in [0.25, 0.3) is 5.91 Å². The number of hydrogen-bond acceptors (Lipinski definition) is 2. The van der Waals surface area contributed by atoms with Crippen molar-refractivity contribution in [3.8, 4) is 0 Å². The van der Waals surface area contributed by atoms with Crippen molar-refractivity contribution < 1.29 is 4.79 Å². The van der Waals surface area contributed by atoms with Crippen LogP contribution in [0.2, 0.25) is 5.02 Å². The second kappa shape index (κ2) is 7.49. The highest BCUT2D eigenvalue weighted by molar-refractivity contribution is 6.30. The molecule has 140 valence electrons. The van der Waals surface area contributed by atoms with Gasteiger partial charge in [-0.2, -0.15) is 0 Å². The molecule has 1 saturated heterocycles. The van der Waals surface area contributed by atoms with Gasteiger partial charge >= 0.3 is 0 Å². The quantitative estimate of drug-likeness (QED) is 0.731. The number of carbonyl (C=O) groups is 1. The van der Waals surface area contributed by atoms with E-state index in [0.29, 0.717) is 17.1 Å². The topological polar surface area (TPSA) is 23.6 Å². The third kappa shape index (κ3) is 3.54. The van der Waals surface area contributed by atoms with Crippen LogP contribution in [0.15, 0.2) is 61.2 Å². The normalized spacial score (nSPS) is 18.9. The molecule has 2 aromatic rings. The van der Waals surface area contributed by atoms with Crippen molar-refractivity contribution in [2.45, 2.75) is 24.8 Å². The number of hydrogen-bond donors (Lipinski definition) is 0. The van der Waals surface area contributed by atoms with Gasteiger partial charge in [-0.25, -0.2) is 0 Å². The van der Waals surface area contributed by atoms with Gasteiger partial charge < -0.3 is 4.90 Å². The molecule has 4 rings (SSSR count). The third-order valence-corrected chi connectivity index (χ3v) is 6.24. The summed E-state index contributed by atoms with van der Waals surface area (Å²) < 4.78 is 0. The van der Waals surface area contributed by atoms with Gasteiger partial charge in [-0.15, -0.1) is 6.58 Å². The molecular formula is C23H25ClN2O. The summed E-state index contributed by atoms with van der Waals surface area (Å²) in [6.07, 6.45) is 4.11. The fourth-order valence-electron chi connectivity index (χ4n) is 4.61. The van der Waals surface area contributed by atoms with Gasteiger partial charge in [0.1, 0.15) is 0 Å². The first-order chi connectivity index (χ1) is 13.1. The highest BCUT2D eigenvalue weighted by Crippen LogP contribution is 2.42. The average Bonchev–Trinajstić information content (AvgIpc) is 2.69. The maximum Gasteiger partial charge on any atom is 0.254 e. The molecular weight excluding hydrogens is 356 g/mol. The van der Waals surface area contributed by atoms with Crippen molar-refractivity contribution in [3.63, 3.8) is 0 Å². The highest BCUT2D eigenvalue weighted by Gasteiger charge is 2.42. The zero-order valence-corrected chi connectivity index (χ0v) is 16.3. The number of halogens is 1. The first kappa shape index (κ1) is 18.3. The first-order valence-corrected chi connectivity index (χ1v) is 9.96. The maximum absolute atomic E-state index is 13.2. The molecule has 0 unspecified atom stereocenters. The Bertz CT molecular complexity index is 855. The molecule has 0 saturated carbocycles. The van der Waals surface area contributed by atoms with Crippen molar-refractivity contribution in [1.29, 1.82) is 0 Å². The fourth-order valence-corrected chi connectivity index (χ4v) is 4.80. The second-order valence-electron chi connectivity index (χ2n) is 7.70. The average molecular weight is 381 g/mol.